The number of amides is 2. The van der Waals surface area contributed by atoms with Gasteiger partial charge in [-0.25, -0.2) is 8.42 Å². The number of hydrogen-bond acceptors (Lipinski definition) is 4. The van der Waals surface area contributed by atoms with Crippen molar-refractivity contribution in [1.82, 2.24) is 10.2 Å². The zero-order chi connectivity index (χ0) is 28.4. The number of rotatable bonds is 13. The van der Waals surface area contributed by atoms with Crippen LogP contribution in [-0.4, -0.2) is 50.8 Å². The van der Waals surface area contributed by atoms with Crippen molar-refractivity contribution < 1.29 is 18.0 Å². The van der Waals surface area contributed by atoms with E-state index in [2.05, 4.69) is 5.32 Å². The lowest BCUT2D eigenvalue weighted by Crippen LogP contribution is -2.53. The van der Waals surface area contributed by atoms with E-state index in [0.29, 0.717) is 25.1 Å². The minimum absolute atomic E-state index is 0.0935. The fourth-order valence-corrected chi connectivity index (χ4v) is 5.71. The van der Waals surface area contributed by atoms with E-state index in [1.54, 1.807) is 30.3 Å². The highest BCUT2D eigenvalue weighted by Crippen LogP contribution is 2.25. The van der Waals surface area contributed by atoms with Gasteiger partial charge in [0.05, 0.1) is 10.6 Å². The predicted octanol–water partition coefficient (Wildman–Crippen LogP) is 4.81. The van der Waals surface area contributed by atoms with Crippen LogP contribution in [0.4, 0.5) is 5.69 Å². The van der Waals surface area contributed by atoms with Gasteiger partial charge in [-0.15, -0.1) is 0 Å². The first kappa shape index (κ1) is 29.9. The van der Waals surface area contributed by atoms with Crippen LogP contribution in [0.2, 0.25) is 0 Å². The van der Waals surface area contributed by atoms with Crippen LogP contribution in [0.3, 0.4) is 0 Å². The van der Waals surface area contributed by atoms with E-state index in [-0.39, 0.29) is 23.3 Å². The molecular weight excluding hydrogens is 510 g/mol. The Morgan fingerprint density at radius 1 is 0.872 bits per heavy atom. The quantitative estimate of drug-likeness (QED) is 0.331. The second-order valence-electron chi connectivity index (χ2n) is 10.0. The topological polar surface area (TPSA) is 86.8 Å². The highest BCUT2D eigenvalue weighted by Gasteiger charge is 2.33. The van der Waals surface area contributed by atoms with Gasteiger partial charge in [0.2, 0.25) is 11.8 Å². The molecule has 1 N–H and O–H groups in total. The van der Waals surface area contributed by atoms with Gasteiger partial charge in [0.25, 0.3) is 10.0 Å². The summed E-state index contributed by atoms with van der Waals surface area (Å²) in [5.74, 6) is -0.411. The van der Waals surface area contributed by atoms with E-state index in [1.165, 1.54) is 17.0 Å². The molecule has 0 bridgehead atoms. The van der Waals surface area contributed by atoms with Gasteiger partial charge in [0.15, 0.2) is 0 Å². The van der Waals surface area contributed by atoms with Crippen LogP contribution in [0.25, 0.3) is 0 Å². The fraction of sp³-hybridized carbons (Fsp3) is 0.355. The predicted molar refractivity (Wildman–Crippen MR) is 156 cm³/mol. The molecule has 0 saturated carbocycles. The molecule has 0 fully saturated rings. The highest BCUT2D eigenvalue weighted by molar-refractivity contribution is 7.92. The van der Waals surface area contributed by atoms with Gasteiger partial charge in [0, 0.05) is 13.1 Å². The number of nitrogens with one attached hydrogen (secondary N) is 1. The van der Waals surface area contributed by atoms with Gasteiger partial charge < -0.3 is 10.2 Å². The molecule has 3 aromatic carbocycles. The number of carbonyl (C=O) groups is 2. The van der Waals surface area contributed by atoms with Crippen LogP contribution in [-0.2, 0) is 26.0 Å². The summed E-state index contributed by atoms with van der Waals surface area (Å²) in [5.41, 5.74) is 2.39. The largest absolute Gasteiger partial charge is 0.354 e. The molecule has 3 rings (SSSR count). The summed E-state index contributed by atoms with van der Waals surface area (Å²) in [6, 6.07) is 24.1. The van der Waals surface area contributed by atoms with E-state index < -0.39 is 28.5 Å². The molecule has 2 amide bonds. The smallest absolute Gasteiger partial charge is 0.264 e. The van der Waals surface area contributed by atoms with Crippen LogP contribution < -0.4 is 9.62 Å². The molecule has 0 radical (unpaired) electrons. The van der Waals surface area contributed by atoms with Gasteiger partial charge in [-0.05, 0) is 55.5 Å². The first-order valence-electron chi connectivity index (χ1n) is 13.4. The van der Waals surface area contributed by atoms with Crippen LogP contribution in [0.15, 0.2) is 89.8 Å². The van der Waals surface area contributed by atoms with E-state index >= 15 is 0 Å². The summed E-state index contributed by atoms with van der Waals surface area (Å²) in [4.78, 5) is 28.8. The van der Waals surface area contributed by atoms with Crippen molar-refractivity contribution in [2.24, 2.45) is 5.92 Å². The summed E-state index contributed by atoms with van der Waals surface area (Å²) in [6.45, 7) is 8.14. The molecule has 1 atom stereocenters. The molecule has 0 spiro atoms. The lowest BCUT2D eigenvalue weighted by atomic mass is 10.1. The summed E-state index contributed by atoms with van der Waals surface area (Å²) < 4.78 is 28.7. The molecule has 208 valence electrons. The van der Waals surface area contributed by atoms with Crippen LogP contribution in [0.5, 0.6) is 0 Å². The van der Waals surface area contributed by atoms with Gasteiger partial charge in [-0.2, -0.15) is 0 Å². The van der Waals surface area contributed by atoms with Crippen LogP contribution in [0, 0.1) is 12.8 Å². The molecule has 0 aliphatic carbocycles. The Morgan fingerprint density at radius 3 is 2.03 bits per heavy atom. The normalized spacial score (nSPS) is 12.1. The standard InChI is InChI=1S/C31H39N3O4S/c1-5-29(31(36)32-22-24(2)3)33(21-20-26-12-8-6-9-13-26)30(35)23-34(27-18-16-25(4)17-19-27)39(37,38)28-14-10-7-11-15-28/h6-19,24,29H,5,20-23H2,1-4H3,(H,32,36)/t29-/m0/s1. The van der Waals surface area contributed by atoms with E-state index in [9.17, 15) is 18.0 Å². The van der Waals surface area contributed by atoms with Crippen molar-refractivity contribution in [2.75, 3.05) is 23.9 Å². The maximum absolute atomic E-state index is 14.0. The summed E-state index contributed by atoms with van der Waals surface area (Å²) in [7, 11) is -4.05. The molecule has 39 heavy (non-hydrogen) atoms. The van der Waals surface area contributed by atoms with E-state index in [4.69, 9.17) is 0 Å². The third kappa shape index (κ3) is 8.17. The molecule has 0 unspecified atom stereocenters. The van der Waals surface area contributed by atoms with Gasteiger partial charge >= 0.3 is 0 Å². The van der Waals surface area contributed by atoms with E-state index in [1.807, 2.05) is 70.2 Å². The highest BCUT2D eigenvalue weighted by atomic mass is 32.2. The zero-order valence-electron chi connectivity index (χ0n) is 23.2. The number of carbonyl (C=O) groups excluding carboxylic acids is 2. The Labute approximate surface area is 232 Å². The molecule has 0 aliphatic rings. The van der Waals surface area contributed by atoms with Gasteiger partial charge in [-0.1, -0.05) is 87.0 Å². The first-order chi connectivity index (χ1) is 18.6. The van der Waals surface area contributed by atoms with Crippen molar-refractivity contribution in [3.8, 4) is 0 Å². The molecular formula is C31H39N3O4S. The number of hydrogen-bond donors (Lipinski definition) is 1. The third-order valence-corrected chi connectivity index (χ3v) is 8.27. The van der Waals surface area contributed by atoms with Crippen molar-refractivity contribution >= 4 is 27.5 Å². The summed E-state index contributed by atoms with van der Waals surface area (Å²) in [6.07, 6.45) is 0.941. The van der Waals surface area contributed by atoms with Crippen LogP contribution in [0.1, 0.15) is 38.3 Å². The van der Waals surface area contributed by atoms with Crippen LogP contribution >= 0.6 is 0 Å². The van der Waals surface area contributed by atoms with Gasteiger partial charge in [0.1, 0.15) is 12.6 Å². The molecule has 0 aromatic heterocycles. The summed E-state index contributed by atoms with van der Waals surface area (Å²) >= 11 is 0. The SMILES string of the molecule is CC[C@@H](C(=O)NCC(C)C)N(CCc1ccccc1)C(=O)CN(c1ccc(C)cc1)S(=O)(=O)c1ccccc1. The number of anilines is 1. The number of sulfonamides is 1. The fourth-order valence-electron chi connectivity index (χ4n) is 4.28. The van der Waals surface area contributed by atoms with E-state index in [0.717, 1.165) is 15.4 Å². The maximum atomic E-state index is 14.0. The second kappa shape index (κ2) is 13.9. The minimum Gasteiger partial charge on any atom is -0.354 e. The molecule has 8 heteroatoms. The Morgan fingerprint density at radius 2 is 1.46 bits per heavy atom. The molecule has 0 heterocycles. The number of nitrogens with zero attached hydrogens (tertiary/aromatic N) is 2. The van der Waals surface area contributed by atoms with Crippen molar-refractivity contribution in [2.45, 2.75) is 51.5 Å². The zero-order valence-corrected chi connectivity index (χ0v) is 24.0. The second-order valence-corrected chi connectivity index (χ2v) is 11.9. The lowest BCUT2D eigenvalue weighted by Gasteiger charge is -2.33. The average molecular weight is 550 g/mol. The number of benzene rings is 3. The van der Waals surface area contributed by atoms with Crippen molar-refractivity contribution in [3.05, 3.63) is 96.1 Å². The Balaban J connectivity index is 1.97. The first-order valence-corrected chi connectivity index (χ1v) is 14.8. The lowest BCUT2D eigenvalue weighted by molar-refractivity contribution is -0.139. The molecule has 3 aromatic rings. The third-order valence-electron chi connectivity index (χ3n) is 6.49. The minimum atomic E-state index is -4.05. The molecule has 7 nitrogen and oxygen atoms in total. The molecule has 0 saturated heterocycles. The maximum Gasteiger partial charge on any atom is 0.264 e. The van der Waals surface area contributed by atoms with Gasteiger partial charge in [-0.3, -0.25) is 13.9 Å². The Hall–Kier alpha value is -3.65. The summed E-state index contributed by atoms with van der Waals surface area (Å²) in [5, 5.41) is 2.95. The molecule has 0 aliphatic heterocycles. The Bertz CT molecular complexity index is 1310. The average Bonchev–Trinajstić information content (AvgIpc) is 2.94. The Kier molecular flexibility index (Phi) is 10.7. The monoisotopic (exact) mass is 549 g/mol. The number of aryl methyl sites for hydroxylation is 1. The van der Waals surface area contributed by atoms with Crippen molar-refractivity contribution in [3.63, 3.8) is 0 Å². The van der Waals surface area contributed by atoms with Crippen molar-refractivity contribution in [1.29, 1.82) is 0 Å².